The van der Waals surface area contributed by atoms with Crippen LogP contribution in [0.3, 0.4) is 0 Å². The molecule has 4 nitrogen and oxygen atoms in total. The van der Waals surface area contributed by atoms with Crippen molar-refractivity contribution in [2.24, 2.45) is 17.3 Å². The average molecular weight is 447 g/mol. The predicted molar refractivity (Wildman–Crippen MR) is 127 cm³/mol. The van der Waals surface area contributed by atoms with Crippen LogP contribution in [0.15, 0.2) is 48.5 Å². The van der Waals surface area contributed by atoms with Crippen LogP contribution >= 0.6 is 0 Å². The average Bonchev–Trinajstić information content (AvgIpc) is 3.15. The van der Waals surface area contributed by atoms with Crippen LogP contribution in [0, 0.1) is 17.3 Å². The molecule has 3 aliphatic carbocycles. The molecule has 5 atom stereocenters. The van der Waals surface area contributed by atoms with E-state index in [-0.39, 0.29) is 23.5 Å². The monoisotopic (exact) mass is 446 g/mol. The molecule has 5 rings (SSSR count). The lowest BCUT2D eigenvalue weighted by atomic mass is 9.55. The van der Waals surface area contributed by atoms with Gasteiger partial charge in [-0.15, -0.1) is 0 Å². The van der Waals surface area contributed by atoms with Crippen LogP contribution in [0.5, 0.6) is 5.75 Å². The molecule has 174 valence electrons. The molecule has 0 heterocycles. The molecule has 33 heavy (non-hydrogen) atoms. The van der Waals surface area contributed by atoms with Crippen LogP contribution in [-0.2, 0) is 16.0 Å². The highest BCUT2D eigenvalue weighted by Crippen LogP contribution is 2.61. The Labute approximate surface area is 196 Å². The van der Waals surface area contributed by atoms with Crippen LogP contribution in [0.1, 0.15) is 86.2 Å². The molecule has 2 fully saturated rings. The summed E-state index contributed by atoms with van der Waals surface area (Å²) in [5.74, 6) is 2.10. The number of carbonyl (C=O) groups is 2. The summed E-state index contributed by atoms with van der Waals surface area (Å²) in [5.41, 5.74) is 3.47. The van der Waals surface area contributed by atoms with Gasteiger partial charge in [0.2, 0.25) is 0 Å². The zero-order valence-electron chi connectivity index (χ0n) is 19.7. The van der Waals surface area contributed by atoms with Gasteiger partial charge >= 0.3 is 11.9 Å². The van der Waals surface area contributed by atoms with Gasteiger partial charge in [-0.2, -0.15) is 0 Å². The first-order valence-electron chi connectivity index (χ1n) is 12.6. The minimum Gasteiger partial charge on any atom is -0.458 e. The molecule has 2 aromatic carbocycles. The summed E-state index contributed by atoms with van der Waals surface area (Å²) < 4.78 is 11.6. The minimum atomic E-state index is -0.191. The fourth-order valence-corrected chi connectivity index (χ4v) is 6.93. The number of hydrogen-bond acceptors (Lipinski definition) is 4. The molecule has 0 radical (unpaired) electrons. The van der Waals surface area contributed by atoms with E-state index in [1.165, 1.54) is 11.1 Å². The molecule has 0 amide bonds. The third-order valence-corrected chi connectivity index (χ3v) is 8.56. The maximum atomic E-state index is 12.8. The van der Waals surface area contributed by atoms with Crippen LogP contribution in [0.4, 0.5) is 0 Å². The minimum absolute atomic E-state index is 0.00194. The Balaban J connectivity index is 1.31. The number of benzene rings is 2. The molecule has 2 saturated carbocycles. The van der Waals surface area contributed by atoms with E-state index in [9.17, 15) is 9.59 Å². The lowest BCUT2D eigenvalue weighted by Gasteiger charge is -2.50. The molecule has 0 aliphatic heterocycles. The van der Waals surface area contributed by atoms with Crippen molar-refractivity contribution in [2.45, 2.75) is 77.2 Å². The summed E-state index contributed by atoms with van der Waals surface area (Å²) in [4.78, 5) is 24.7. The number of aryl methyl sites for hydroxylation is 1. The van der Waals surface area contributed by atoms with E-state index in [4.69, 9.17) is 9.47 Å². The van der Waals surface area contributed by atoms with E-state index < -0.39 is 0 Å². The Morgan fingerprint density at radius 3 is 2.64 bits per heavy atom. The van der Waals surface area contributed by atoms with Crippen molar-refractivity contribution in [3.8, 4) is 5.75 Å². The maximum Gasteiger partial charge on any atom is 0.338 e. The SMILES string of the molecule is CCCC(=O)Oc1ccc2c(c1)CC[C@@H]1[C@@H]2CC[C@]2(C)C(OC(=O)c3ccccc3)CC[C@@H]12. The summed E-state index contributed by atoms with van der Waals surface area (Å²) in [6.45, 7) is 4.34. The van der Waals surface area contributed by atoms with Gasteiger partial charge < -0.3 is 9.47 Å². The lowest BCUT2D eigenvalue weighted by Crippen LogP contribution is -2.45. The van der Waals surface area contributed by atoms with Crippen molar-refractivity contribution >= 4 is 11.9 Å². The molecular weight excluding hydrogens is 412 g/mol. The normalized spacial score (nSPS) is 30.0. The second-order valence-corrected chi connectivity index (χ2v) is 10.4. The van der Waals surface area contributed by atoms with E-state index in [2.05, 4.69) is 19.1 Å². The second-order valence-electron chi connectivity index (χ2n) is 10.4. The Kier molecular flexibility index (Phi) is 6.03. The molecule has 3 aliphatic rings. The van der Waals surface area contributed by atoms with Gasteiger partial charge in [0.05, 0.1) is 5.56 Å². The summed E-state index contributed by atoms with van der Waals surface area (Å²) in [5, 5.41) is 0. The third kappa shape index (κ3) is 4.09. The molecule has 2 aromatic rings. The molecule has 1 unspecified atom stereocenters. The Morgan fingerprint density at radius 1 is 1.03 bits per heavy atom. The van der Waals surface area contributed by atoms with E-state index in [0.717, 1.165) is 44.9 Å². The van der Waals surface area contributed by atoms with Crippen molar-refractivity contribution in [3.63, 3.8) is 0 Å². The van der Waals surface area contributed by atoms with Crippen LogP contribution < -0.4 is 4.74 Å². The van der Waals surface area contributed by atoms with Crippen molar-refractivity contribution in [3.05, 3.63) is 65.2 Å². The van der Waals surface area contributed by atoms with Gasteiger partial charge in [0, 0.05) is 11.8 Å². The van der Waals surface area contributed by atoms with Crippen LogP contribution in [0.25, 0.3) is 0 Å². The molecule has 0 saturated heterocycles. The predicted octanol–water partition coefficient (Wildman–Crippen LogP) is 6.47. The zero-order valence-corrected chi connectivity index (χ0v) is 19.7. The molecule has 0 aromatic heterocycles. The lowest BCUT2D eigenvalue weighted by molar-refractivity contribution is -0.134. The molecule has 0 bridgehead atoms. The second kappa shape index (κ2) is 8.96. The van der Waals surface area contributed by atoms with Crippen LogP contribution in [-0.4, -0.2) is 18.0 Å². The van der Waals surface area contributed by atoms with Crippen LogP contribution in [0.2, 0.25) is 0 Å². The number of carbonyl (C=O) groups excluding carboxylic acids is 2. The number of esters is 2. The zero-order chi connectivity index (χ0) is 23.0. The van der Waals surface area contributed by atoms with Gasteiger partial charge in [-0.25, -0.2) is 4.79 Å². The number of ether oxygens (including phenoxy) is 2. The van der Waals surface area contributed by atoms with Crippen molar-refractivity contribution in [1.82, 2.24) is 0 Å². The smallest absolute Gasteiger partial charge is 0.338 e. The Hall–Kier alpha value is -2.62. The van der Waals surface area contributed by atoms with Crippen molar-refractivity contribution in [1.29, 1.82) is 0 Å². The quantitative estimate of drug-likeness (QED) is 0.390. The molecular formula is C29H34O4. The molecule has 0 N–H and O–H groups in total. The van der Waals surface area contributed by atoms with Gasteiger partial charge in [0.25, 0.3) is 0 Å². The first-order valence-corrected chi connectivity index (χ1v) is 12.6. The van der Waals surface area contributed by atoms with Gasteiger partial charge in [0.1, 0.15) is 11.9 Å². The molecule has 4 heteroatoms. The number of hydrogen-bond donors (Lipinski definition) is 0. The fourth-order valence-electron chi connectivity index (χ4n) is 6.93. The number of rotatable bonds is 5. The highest BCUT2D eigenvalue weighted by atomic mass is 16.5. The van der Waals surface area contributed by atoms with Gasteiger partial charge in [0.15, 0.2) is 0 Å². The van der Waals surface area contributed by atoms with E-state index in [1.54, 1.807) is 0 Å². The third-order valence-electron chi connectivity index (χ3n) is 8.56. The van der Waals surface area contributed by atoms with Gasteiger partial charge in [-0.05, 0) is 98.1 Å². The summed E-state index contributed by atoms with van der Waals surface area (Å²) in [6.07, 6.45) is 7.73. The van der Waals surface area contributed by atoms with E-state index >= 15 is 0 Å². The highest BCUT2D eigenvalue weighted by Gasteiger charge is 2.56. The topological polar surface area (TPSA) is 52.6 Å². The number of fused-ring (bicyclic) bond motifs is 5. The van der Waals surface area contributed by atoms with Crippen molar-refractivity contribution in [2.75, 3.05) is 0 Å². The Bertz CT molecular complexity index is 1030. The highest BCUT2D eigenvalue weighted by molar-refractivity contribution is 5.89. The molecule has 0 spiro atoms. The fraction of sp³-hybridized carbons (Fsp3) is 0.517. The van der Waals surface area contributed by atoms with Gasteiger partial charge in [-0.1, -0.05) is 38.1 Å². The van der Waals surface area contributed by atoms with Gasteiger partial charge in [-0.3, -0.25) is 4.79 Å². The summed E-state index contributed by atoms with van der Waals surface area (Å²) in [7, 11) is 0. The summed E-state index contributed by atoms with van der Waals surface area (Å²) in [6, 6.07) is 15.6. The maximum absolute atomic E-state index is 12.8. The van der Waals surface area contributed by atoms with E-state index in [1.807, 2.05) is 43.3 Å². The summed E-state index contributed by atoms with van der Waals surface area (Å²) >= 11 is 0. The standard InChI is InChI=1S/C29H34O4/c1-3-7-27(30)32-21-11-13-22-20(18-21)10-12-24-23(22)16-17-29(2)25(24)14-15-26(29)33-28(31)19-8-5-4-6-9-19/h4-6,8-9,11,13,18,23-26H,3,7,10,12,14-17H2,1-2H3/t23-,24-,25+,26?,29+/m1/s1. The van der Waals surface area contributed by atoms with Crippen molar-refractivity contribution < 1.29 is 19.1 Å². The van der Waals surface area contributed by atoms with E-state index in [0.29, 0.717) is 35.5 Å². The Morgan fingerprint density at radius 2 is 1.85 bits per heavy atom. The first-order chi connectivity index (χ1) is 16.0. The first kappa shape index (κ1) is 22.2. The largest absolute Gasteiger partial charge is 0.458 e.